The van der Waals surface area contributed by atoms with E-state index in [1.54, 1.807) is 12.1 Å². The van der Waals surface area contributed by atoms with Gasteiger partial charge in [-0.25, -0.2) is 8.42 Å². The minimum Gasteiger partial charge on any atom is -0.361 e. The first-order valence-corrected chi connectivity index (χ1v) is 8.48. The van der Waals surface area contributed by atoms with Crippen molar-refractivity contribution in [2.24, 2.45) is 0 Å². The zero-order valence-electron chi connectivity index (χ0n) is 10.7. The SMILES string of the molecule is O=S1(=O)[C@H]2C[C@@H]3C=C[C@@]2(CN1Cc1cccc(Cl)c1)O3. The predicted octanol–water partition coefficient (Wildman–Crippen LogP) is 1.95. The Hall–Kier alpha value is -0.880. The normalized spacial score (nSPS) is 37.5. The third kappa shape index (κ3) is 1.70. The summed E-state index contributed by atoms with van der Waals surface area (Å²) < 4.78 is 32.6. The average Bonchev–Trinajstić information content (AvgIpc) is 3.00. The van der Waals surface area contributed by atoms with Crippen LogP contribution in [-0.2, 0) is 21.3 Å². The van der Waals surface area contributed by atoms with Crippen molar-refractivity contribution in [3.63, 3.8) is 0 Å². The quantitative estimate of drug-likeness (QED) is 0.784. The molecule has 0 aliphatic carbocycles. The summed E-state index contributed by atoms with van der Waals surface area (Å²) in [5.74, 6) is 0. The molecule has 106 valence electrons. The fourth-order valence-electron chi connectivity index (χ4n) is 3.45. The zero-order chi connectivity index (χ0) is 14.0. The number of hydrogen-bond donors (Lipinski definition) is 0. The molecule has 3 aliphatic heterocycles. The average molecular weight is 312 g/mol. The van der Waals surface area contributed by atoms with Crippen LogP contribution in [-0.4, -0.2) is 36.2 Å². The van der Waals surface area contributed by atoms with Crippen molar-refractivity contribution >= 4 is 21.6 Å². The number of hydrogen-bond acceptors (Lipinski definition) is 3. The topological polar surface area (TPSA) is 46.6 Å². The third-order valence-electron chi connectivity index (χ3n) is 4.35. The fourth-order valence-corrected chi connectivity index (χ4v) is 5.88. The second-order valence-electron chi connectivity index (χ2n) is 5.64. The maximum absolute atomic E-state index is 12.6. The summed E-state index contributed by atoms with van der Waals surface area (Å²) in [4.78, 5) is 0. The minimum absolute atomic E-state index is 0.0249. The summed E-state index contributed by atoms with van der Waals surface area (Å²) >= 11 is 5.95. The Labute approximate surface area is 123 Å². The molecule has 0 amide bonds. The molecule has 0 radical (unpaired) electrons. The Morgan fingerprint density at radius 3 is 3.00 bits per heavy atom. The van der Waals surface area contributed by atoms with E-state index in [4.69, 9.17) is 16.3 Å². The minimum atomic E-state index is -3.30. The van der Waals surface area contributed by atoms with Gasteiger partial charge in [-0.05, 0) is 24.1 Å². The molecule has 0 aromatic heterocycles. The van der Waals surface area contributed by atoms with Gasteiger partial charge in [-0.15, -0.1) is 0 Å². The Morgan fingerprint density at radius 1 is 1.45 bits per heavy atom. The summed E-state index contributed by atoms with van der Waals surface area (Å²) in [6.07, 6.45) is 4.46. The first-order chi connectivity index (χ1) is 9.49. The number of benzene rings is 1. The molecule has 3 aliphatic rings. The molecule has 3 heterocycles. The van der Waals surface area contributed by atoms with Crippen LogP contribution >= 0.6 is 11.6 Å². The van der Waals surface area contributed by atoms with Crippen LogP contribution < -0.4 is 0 Å². The second kappa shape index (κ2) is 4.07. The molecule has 2 fully saturated rings. The smallest absolute Gasteiger partial charge is 0.220 e. The monoisotopic (exact) mass is 311 g/mol. The molecule has 0 saturated carbocycles. The van der Waals surface area contributed by atoms with Crippen LogP contribution in [0, 0.1) is 0 Å². The van der Waals surface area contributed by atoms with Crippen LogP contribution in [0.2, 0.25) is 5.02 Å². The number of ether oxygens (including phenoxy) is 1. The van der Waals surface area contributed by atoms with Gasteiger partial charge in [0.25, 0.3) is 0 Å². The number of halogens is 1. The fraction of sp³-hybridized carbons (Fsp3) is 0.429. The zero-order valence-corrected chi connectivity index (χ0v) is 12.3. The van der Waals surface area contributed by atoms with Gasteiger partial charge in [-0.2, -0.15) is 4.31 Å². The van der Waals surface area contributed by atoms with Crippen molar-refractivity contribution in [2.75, 3.05) is 6.54 Å². The molecule has 1 aromatic carbocycles. The molecule has 3 atom stereocenters. The van der Waals surface area contributed by atoms with E-state index in [1.165, 1.54) is 4.31 Å². The van der Waals surface area contributed by atoms with E-state index in [9.17, 15) is 8.42 Å². The number of fused-ring (bicyclic) bond motifs is 1. The molecule has 2 bridgehead atoms. The highest BCUT2D eigenvalue weighted by atomic mass is 35.5. The van der Waals surface area contributed by atoms with E-state index in [0.29, 0.717) is 24.5 Å². The van der Waals surface area contributed by atoms with Crippen LogP contribution in [0.25, 0.3) is 0 Å². The van der Waals surface area contributed by atoms with Gasteiger partial charge >= 0.3 is 0 Å². The molecular formula is C14H14ClNO3S. The molecule has 20 heavy (non-hydrogen) atoms. The van der Waals surface area contributed by atoms with E-state index in [1.807, 2.05) is 24.3 Å². The predicted molar refractivity (Wildman–Crippen MR) is 75.9 cm³/mol. The van der Waals surface area contributed by atoms with Crippen molar-refractivity contribution in [3.8, 4) is 0 Å². The van der Waals surface area contributed by atoms with Gasteiger partial charge in [0.1, 0.15) is 10.9 Å². The molecule has 0 N–H and O–H groups in total. The third-order valence-corrected chi connectivity index (χ3v) is 6.87. The lowest BCUT2D eigenvalue weighted by atomic mass is 9.94. The van der Waals surface area contributed by atoms with Gasteiger partial charge in [0.15, 0.2) is 0 Å². The van der Waals surface area contributed by atoms with Crippen LogP contribution in [0.15, 0.2) is 36.4 Å². The van der Waals surface area contributed by atoms with Gasteiger partial charge < -0.3 is 4.74 Å². The highest BCUT2D eigenvalue weighted by Gasteiger charge is 2.63. The van der Waals surface area contributed by atoms with Crippen molar-refractivity contribution < 1.29 is 13.2 Å². The lowest BCUT2D eigenvalue weighted by Gasteiger charge is -2.19. The van der Waals surface area contributed by atoms with Crippen LogP contribution in [0.1, 0.15) is 12.0 Å². The van der Waals surface area contributed by atoms with E-state index < -0.39 is 20.9 Å². The number of sulfonamides is 1. The molecule has 4 nitrogen and oxygen atoms in total. The second-order valence-corrected chi connectivity index (χ2v) is 8.19. The summed E-state index contributed by atoms with van der Waals surface area (Å²) in [5, 5.41) is 0.193. The van der Waals surface area contributed by atoms with Crippen LogP contribution in [0.5, 0.6) is 0 Å². The van der Waals surface area contributed by atoms with Gasteiger partial charge in [0.05, 0.1) is 6.10 Å². The number of rotatable bonds is 2. The van der Waals surface area contributed by atoms with Crippen LogP contribution in [0.3, 0.4) is 0 Å². The standard InChI is InChI=1S/C14H14ClNO3S/c15-11-3-1-2-10(6-11)8-16-9-14-5-4-12(19-14)7-13(14)20(16,17)18/h1-6,12-13H,7-9H2/t12-,13-,14-/m0/s1. The molecule has 4 rings (SSSR count). The van der Waals surface area contributed by atoms with E-state index >= 15 is 0 Å². The van der Waals surface area contributed by atoms with Gasteiger partial charge in [-0.1, -0.05) is 35.9 Å². The molecule has 6 heteroatoms. The molecule has 0 unspecified atom stereocenters. The highest BCUT2D eigenvalue weighted by Crippen LogP contribution is 2.48. The van der Waals surface area contributed by atoms with E-state index in [2.05, 4.69) is 0 Å². The Morgan fingerprint density at radius 2 is 2.30 bits per heavy atom. The van der Waals surface area contributed by atoms with Crippen molar-refractivity contribution in [1.29, 1.82) is 0 Å². The summed E-state index contributed by atoms with van der Waals surface area (Å²) in [5.41, 5.74) is 0.276. The first-order valence-electron chi connectivity index (χ1n) is 6.60. The first kappa shape index (κ1) is 12.8. The van der Waals surface area contributed by atoms with Crippen LogP contribution in [0.4, 0.5) is 0 Å². The summed E-state index contributed by atoms with van der Waals surface area (Å²) in [7, 11) is -3.30. The highest BCUT2D eigenvalue weighted by molar-refractivity contribution is 7.90. The molecular weight excluding hydrogens is 298 g/mol. The number of nitrogens with zero attached hydrogens (tertiary/aromatic N) is 1. The largest absolute Gasteiger partial charge is 0.361 e. The Balaban J connectivity index is 1.66. The van der Waals surface area contributed by atoms with Crippen molar-refractivity contribution in [3.05, 3.63) is 47.0 Å². The summed E-state index contributed by atoms with van der Waals surface area (Å²) in [6.45, 7) is 0.753. The van der Waals surface area contributed by atoms with E-state index in [-0.39, 0.29) is 6.10 Å². The maximum Gasteiger partial charge on any atom is 0.220 e. The molecule has 2 saturated heterocycles. The maximum atomic E-state index is 12.6. The van der Waals surface area contributed by atoms with Crippen molar-refractivity contribution in [1.82, 2.24) is 4.31 Å². The lowest BCUT2D eigenvalue weighted by Crippen LogP contribution is -2.36. The van der Waals surface area contributed by atoms with Gasteiger partial charge in [0.2, 0.25) is 10.0 Å². The molecule has 1 aromatic rings. The molecule has 1 spiro atoms. The van der Waals surface area contributed by atoms with Gasteiger partial charge in [0, 0.05) is 18.1 Å². The van der Waals surface area contributed by atoms with Gasteiger partial charge in [-0.3, -0.25) is 0 Å². The van der Waals surface area contributed by atoms with E-state index in [0.717, 1.165) is 5.56 Å². The van der Waals surface area contributed by atoms with Crippen molar-refractivity contribution in [2.45, 2.75) is 29.9 Å². The summed E-state index contributed by atoms with van der Waals surface area (Å²) in [6, 6.07) is 7.31. The Bertz CT molecular complexity index is 702. The Kier molecular flexibility index (Phi) is 2.61. The lowest BCUT2D eigenvalue weighted by molar-refractivity contribution is 0.0298.